The zero-order chi connectivity index (χ0) is 15.2. The molecule has 1 N–H and O–H groups in total. The Balaban J connectivity index is 1.69. The molecule has 0 aliphatic rings. The Kier molecular flexibility index (Phi) is 6.20. The number of hydrogen-bond acceptors (Lipinski definition) is 5. The van der Waals surface area contributed by atoms with E-state index in [1.165, 1.54) is 4.88 Å². The maximum absolute atomic E-state index is 9.98. The van der Waals surface area contributed by atoms with E-state index in [9.17, 15) is 5.11 Å². The lowest BCUT2D eigenvalue weighted by atomic mass is 10.3. The fraction of sp³-hybridized carbons (Fsp3) is 0.500. The van der Waals surface area contributed by atoms with Gasteiger partial charge < -0.3 is 14.4 Å². The number of ether oxygens (including phenoxy) is 1. The van der Waals surface area contributed by atoms with Gasteiger partial charge in [0, 0.05) is 18.5 Å². The molecule has 21 heavy (non-hydrogen) atoms. The van der Waals surface area contributed by atoms with E-state index in [1.807, 2.05) is 41.1 Å². The molecule has 0 aliphatic heterocycles. The third-order valence-corrected chi connectivity index (χ3v) is 4.30. The quantitative estimate of drug-likeness (QED) is 0.806. The van der Waals surface area contributed by atoms with Gasteiger partial charge in [0.25, 0.3) is 0 Å². The Morgan fingerprint density at radius 1 is 1.57 bits per heavy atom. The highest BCUT2D eigenvalue weighted by Gasteiger charge is 2.12. The van der Waals surface area contributed by atoms with Crippen molar-refractivity contribution in [2.75, 3.05) is 20.2 Å². The molecule has 0 aromatic carbocycles. The van der Waals surface area contributed by atoms with E-state index in [1.54, 1.807) is 17.5 Å². The van der Waals surface area contributed by atoms with Gasteiger partial charge in [-0.05, 0) is 18.5 Å². The summed E-state index contributed by atoms with van der Waals surface area (Å²) in [4.78, 5) is 7.40. The Labute approximate surface area is 133 Å². The summed E-state index contributed by atoms with van der Waals surface area (Å²) in [6, 6.07) is 4.01. The summed E-state index contributed by atoms with van der Waals surface area (Å²) in [6.07, 6.45) is 1.11. The first-order chi connectivity index (χ1) is 10.1. The zero-order valence-corrected chi connectivity index (χ0v) is 13.8. The van der Waals surface area contributed by atoms with E-state index in [-0.39, 0.29) is 0 Å². The molecule has 2 rings (SSSR count). The SMILES string of the molecule is CN(Cc1ncc(Cl)n1C)CC(O)COCc1cccs1. The monoisotopic (exact) mass is 329 g/mol. The molecule has 1 atom stereocenters. The van der Waals surface area contributed by atoms with Gasteiger partial charge in [-0.15, -0.1) is 11.3 Å². The van der Waals surface area contributed by atoms with Crippen LogP contribution < -0.4 is 0 Å². The lowest BCUT2D eigenvalue weighted by Crippen LogP contribution is -2.32. The number of rotatable bonds is 8. The van der Waals surface area contributed by atoms with Crippen molar-refractivity contribution in [3.05, 3.63) is 39.6 Å². The number of halogens is 1. The lowest BCUT2D eigenvalue weighted by Gasteiger charge is -2.20. The number of thiophene rings is 1. The molecule has 7 heteroatoms. The molecule has 116 valence electrons. The van der Waals surface area contributed by atoms with Crippen LogP contribution in [0.5, 0.6) is 0 Å². The van der Waals surface area contributed by atoms with Gasteiger partial charge in [-0.2, -0.15) is 0 Å². The van der Waals surface area contributed by atoms with Crippen LogP contribution in [0.4, 0.5) is 0 Å². The molecule has 0 fully saturated rings. The van der Waals surface area contributed by atoms with Crippen LogP contribution in [0, 0.1) is 0 Å². The first kappa shape index (κ1) is 16.5. The van der Waals surface area contributed by atoms with Crippen molar-refractivity contribution in [3.63, 3.8) is 0 Å². The number of imidazole rings is 1. The first-order valence-corrected chi connectivity index (χ1v) is 7.95. The molecule has 0 amide bonds. The van der Waals surface area contributed by atoms with Crippen LogP contribution in [0.2, 0.25) is 5.15 Å². The van der Waals surface area contributed by atoms with Gasteiger partial charge in [0.2, 0.25) is 0 Å². The van der Waals surface area contributed by atoms with E-state index < -0.39 is 6.10 Å². The van der Waals surface area contributed by atoms with Gasteiger partial charge in [0.1, 0.15) is 11.0 Å². The van der Waals surface area contributed by atoms with Crippen LogP contribution in [0.3, 0.4) is 0 Å². The number of aliphatic hydroxyl groups is 1. The highest BCUT2D eigenvalue weighted by Crippen LogP contribution is 2.11. The minimum absolute atomic E-state index is 0.323. The smallest absolute Gasteiger partial charge is 0.128 e. The van der Waals surface area contributed by atoms with Crippen molar-refractivity contribution in [1.82, 2.24) is 14.5 Å². The van der Waals surface area contributed by atoms with Crippen LogP contribution in [0.15, 0.2) is 23.7 Å². The van der Waals surface area contributed by atoms with Crippen molar-refractivity contribution in [2.45, 2.75) is 19.3 Å². The highest BCUT2D eigenvalue weighted by atomic mass is 35.5. The minimum Gasteiger partial charge on any atom is -0.389 e. The van der Waals surface area contributed by atoms with E-state index in [0.717, 1.165) is 5.82 Å². The molecule has 2 heterocycles. The minimum atomic E-state index is -0.522. The maximum atomic E-state index is 9.98. The van der Waals surface area contributed by atoms with Gasteiger partial charge >= 0.3 is 0 Å². The molecule has 2 aromatic rings. The summed E-state index contributed by atoms with van der Waals surface area (Å²) in [5, 5.41) is 12.6. The molecule has 0 saturated heterocycles. The van der Waals surface area contributed by atoms with Crippen LogP contribution in [0.25, 0.3) is 0 Å². The van der Waals surface area contributed by atoms with E-state index in [2.05, 4.69) is 4.98 Å². The standard InChI is InChI=1S/C14H20ClN3O2S/c1-17(8-14-16-6-13(15)18(14)2)7-11(19)9-20-10-12-4-3-5-21-12/h3-6,11,19H,7-10H2,1-2H3. The second-order valence-electron chi connectivity index (χ2n) is 5.00. The second kappa shape index (κ2) is 7.91. The molecule has 0 radical (unpaired) electrons. The molecule has 0 saturated carbocycles. The third kappa shape index (κ3) is 5.09. The van der Waals surface area contributed by atoms with Gasteiger partial charge in [-0.3, -0.25) is 4.90 Å². The maximum Gasteiger partial charge on any atom is 0.128 e. The van der Waals surface area contributed by atoms with Gasteiger partial charge in [-0.1, -0.05) is 17.7 Å². The molecule has 5 nitrogen and oxygen atoms in total. The molecule has 1 unspecified atom stereocenters. The largest absolute Gasteiger partial charge is 0.389 e. The van der Waals surface area contributed by atoms with Crippen molar-refractivity contribution >= 4 is 22.9 Å². The molecule has 0 bridgehead atoms. The summed E-state index contributed by atoms with van der Waals surface area (Å²) in [7, 11) is 3.81. The third-order valence-electron chi connectivity index (χ3n) is 3.10. The normalized spacial score (nSPS) is 13.0. The van der Waals surface area contributed by atoms with E-state index in [4.69, 9.17) is 16.3 Å². The number of hydrogen-bond donors (Lipinski definition) is 1. The topological polar surface area (TPSA) is 50.5 Å². The average molecular weight is 330 g/mol. The Morgan fingerprint density at radius 2 is 2.38 bits per heavy atom. The second-order valence-corrected chi connectivity index (χ2v) is 6.42. The van der Waals surface area contributed by atoms with Crippen LogP contribution in [0.1, 0.15) is 10.7 Å². The summed E-state index contributed by atoms with van der Waals surface area (Å²) >= 11 is 7.60. The van der Waals surface area contributed by atoms with Crippen LogP contribution >= 0.6 is 22.9 Å². The summed E-state index contributed by atoms with van der Waals surface area (Å²) in [5.41, 5.74) is 0. The summed E-state index contributed by atoms with van der Waals surface area (Å²) in [6.45, 7) is 2.02. The molecule has 0 aliphatic carbocycles. The first-order valence-electron chi connectivity index (χ1n) is 6.69. The van der Waals surface area contributed by atoms with Crippen LogP contribution in [-0.2, 0) is 24.9 Å². The Morgan fingerprint density at radius 3 is 3.00 bits per heavy atom. The summed E-state index contributed by atoms with van der Waals surface area (Å²) in [5.74, 6) is 0.870. The number of likely N-dealkylation sites (N-methyl/N-ethyl adjacent to an activating group) is 1. The van der Waals surface area contributed by atoms with Crippen molar-refractivity contribution in [1.29, 1.82) is 0 Å². The van der Waals surface area contributed by atoms with Gasteiger partial charge in [0.15, 0.2) is 0 Å². The number of nitrogens with zero attached hydrogens (tertiary/aromatic N) is 3. The van der Waals surface area contributed by atoms with Gasteiger partial charge in [0.05, 0.1) is 32.1 Å². The fourth-order valence-corrected chi connectivity index (χ4v) is 2.77. The van der Waals surface area contributed by atoms with Crippen molar-refractivity contribution in [2.24, 2.45) is 7.05 Å². The molecule has 0 spiro atoms. The predicted molar refractivity (Wildman–Crippen MR) is 84.5 cm³/mol. The summed E-state index contributed by atoms with van der Waals surface area (Å²) < 4.78 is 7.34. The van der Waals surface area contributed by atoms with Gasteiger partial charge in [-0.25, -0.2) is 4.98 Å². The Bertz CT molecular complexity index is 544. The molecular weight excluding hydrogens is 310 g/mol. The number of aromatic nitrogens is 2. The molecule has 2 aromatic heterocycles. The predicted octanol–water partition coefficient (Wildman–Crippen LogP) is 2.14. The lowest BCUT2D eigenvalue weighted by molar-refractivity contribution is 0.0131. The van der Waals surface area contributed by atoms with Crippen molar-refractivity contribution in [3.8, 4) is 0 Å². The van der Waals surface area contributed by atoms with E-state index in [0.29, 0.717) is 31.5 Å². The number of aliphatic hydroxyl groups excluding tert-OH is 1. The fourth-order valence-electron chi connectivity index (χ4n) is 1.98. The Hall–Kier alpha value is -0.920. The zero-order valence-electron chi connectivity index (χ0n) is 12.2. The highest BCUT2D eigenvalue weighted by molar-refractivity contribution is 7.09. The van der Waals surface area contributed by atoms with E-state index >= 15 is 0 Å². The van der Waals surface area contributed by atoms with Crippen LogP contribution in [-0.4, -0.2) is 45.9 Å². The van der Waals surface area contributed by atoms with Crippen molar-refractivity contribution < 1.29 is 9.84 Å². The molecular formula is C14H20ClN3O2S. The average Bonchev–Trinajstić information content (AvgIpc) is 3.04.